The molecule has 0 aliphatic heterocycles. The van der Waals surface area contributed by atoms with Gasteiger partial charge in [-0.2, -0.15) is 5.26 Å². The Bertz CT molecular complexity index is 466. The van der Waals surface area contributed by atoms with Gasteiger partial charge in [0, 0.05) is 12.6 Å². The van der Waals surface area contributed by atoms with Gasteiger partial charge in [-0.15, -0.1) is 0 Å². The summed E-state index contributed by atoms with van der Waals surface area (Å²) in [6.07, 6.45) is -0.528. The predicted molar refractivity (Wildman–Crippen MR) is 66.2 cm³/mol. The second kappa shape index (κ2) is 6.50. The quantitative estimate of drug-likeness (QED) is 0.765. The number of nitrogens with zero attached hydrogens (tertiary/aromatic N) is 2. The Hall–Kier alpha value is -2.22. The van der Waals surface area contributed by atoms with Crippen LogP contribution >= 0.6 is 0 Å². The number of nitriles is 1. The number of rotatable bonds is 4. The minimum atomic E-state index is -0.528. The van der Waals surface area contributed by atoms with Crippen LogP contribution < -0.4 is 4.74 Å². The number of aryl methyl sites for hydroxylation is 1. The number of ether oxygens (including phenoxy) is 2. The highest BCUT2D eigenvalue weighted by molar-refractivity contribution is 5.67. The van der Waals surface area contributed by atoms with Crippen molar-refractivity contribution in [3.63, 3.8) is 0 Å². The van der Waals surface area contributed by atoms with E-state index in [1.807, 2.05) is 31.2 Å². The Labute approximate surface area is 107 Å². The number of benzene rings is 1. The normalized spacial score (nSPS) is 9.44. The van der Waals surface area contributed by atoms with Crippen LogP contribution in [0, 0.1) is 18.3 Å². The molecule has 0 saturated carbocycles. The highest BCUT2D eigenvalue weighted by atomic mass is 16.6. The number of methoxy groups -OCH3 is 1. The van der Waals surface area contributed by atoms with Gasteiger partial charge >= 0.3 is 6.09 Å². The van der Waals surface area contributed by atoms with E-state index in [1.165, 1.54) is 11.9 Å². The highest BCUT2D eigenvalue weighted by Crippen LogP contribution is 2.20. The lowest BCUT2D eigenvalue weighted by Gasteiger charge is -2.14. The molecule has 0 spiro atoms. The van der Waals surface area contributed by atoms with Crippen molar-refractivity contribution in [2.24, 2.45) is 0 Å². The molecular formula is C13H16N2O3. The third kappa shape index (κ3) is 3.67. The molecule has 0 saturated heterocycles. The summed E-state index contributed by atoms with van der Waals surface area (Å²) in [6, 6.07) is 7.53. The minimum absolute atomic E-state index is 0.00376. The number of hydrogen-bond donors (Lipinski definition) is 0. The Balaban J connectivity index is 2.66. The van der Waals surface area contributed by atoms with Crippen molar-refractivity contribution < 1.29 is 14.3 Å². The summed E-state index contributed by atoms with van der Waals surface area (Å²) in [4.78, 5) is 12.7. The lowest BCUT2D eigenvalue weighted by molar-refractivity contribution is 0.108. The van der Waals surface area contributed by atoms with Crippen LogP contribution in [0.5, 0.6) is 5.75 Å². The molecule has 1 aromatic carbocycles. The molecule has 0 atom stereocenters. The van der Waals surface area contributed by atoms with Crippen LogP contribution in [0.15, 0.2) is 18.2 Å². The fourth-order valence-corrected chi connectivity index (χ4v) is 1.44. The van der Waals surface area contributed by atoms with Gasteiger partial charge in [0.05, 0.1) is 13.2 Å². The SMILES string of the molecule is COc1ccc(C)cc1COC(=O)N(C)CC#N. The molecule has 0 aromatic heterocycles. The number of carbonyl (C=O) groups is 1. The van der Waals surface area contributed by atoms with Gasteiger partial charge in [0.1, 0.15) is 18.9 Å². The third-order valence-corrected chi connectivity index (χ3v) is 2.41. The van der Waals surface area contributed by atoms with Gasteiger partial charge in [0.2, 0.25) is 0 Å². The summed E-state index contributed by atoms with van der Waals surface area (Å²) in [5.74, 6) is 0.677. The van der Waals surface area contributed by atoms with Crippen LogP contribution in [0.25, 0.3) is 0 Å². The second-order valence-corrected chi connectivity index (χ2v) is 3.88. The van der Waals surface area contributed by atoms with Crippen molar-refractivity contribution in [2.45, 2.75) is 13.5 Å². The molecule has 0 aliphatic rings. The topological polar surface area (TPSA) is 62.6 Å². The molecule has 0 heterocycles. The first kappa shape index (κ1) is 13.8. The molecule has 0 N–H and O–H groups in total. The van der Waals surface area contributed by atoms with Crippen molar-refractivity contribution in [3.8, 4) is 11.8 Å². The van der Waals surface area contributed by atoms with Crippen molar-refractivity contribution >= 4 is 6.09 Å². The van der Waals surface area contributed by atoms with Crippen molar-refractivity contribution in [3.05, 3.63) is 29.3 Å². The average molecular weight is 248 g/mol. The van der Waals surface area contributed by atoms with E-state index in [1.54, 1.807) is 7.11 Å². The Morgan fingerprint density at radius 2 is 2.22 bits per heavy atom. The lowest BCUT2D eigenvalue weighted by Crippen LogP contribution is -2.27. The van der Waals surface area contributed by atoms with E-state index in [9.17, 15) is 4.79 Å². The van der Waals surface area contributed by atoms with Crippen molar-refractivity contribution in [1.29, 1.82) is 5.26 Å². The van der Waals surface area contributed by atoms with Crippen LogP contribution in [-0.2, 0) is 11.3 Å². The van der Waals surface area contributed by atoms with E-state index in [-0.39, 0.29) is 13.2 Å². The average Bonchev–Trinajstić information content (AvgIpc) is 2.36. The molecule has 96 valence electrons. The molecular weight excluding hydrogens is 232 g/mol. The minimum Gasteiger partial charge on any atom is -0.496 e. The lowest BCUT2D eigenvalue weighted by atomic mass is 10.1. The second-order valence-electron chi connectivity index (χ2n) is 3.88. The number of amides is 1. The predicted octanol–water partition coefficient (Wildman–Crippen LogP) is 2.10. The smallest absolute Gasteiger partial charge is 0.410 e. The summed E-state index contributed by atoms with van der Waals surface area (Å²) < 4.78 is 10.3. The van der Waals surface area contributed by atoms with E-state index >= 15 is 0 Å². The summed E-state index contributed by atoms with van der Waals surface area (Å²) in [5.41, 5.74) is 1.86. The molecule has 5 heteroatoms. The zero-order chi connectivity index (χ0) is 13.5. The Kier molecular flexibility index (Phi) is 5.00. The molecule has 18 heavy (non-hydrogen) atoms. The molecule has 0 unspecified atom stereocenters. The number of hydrogen-bond acceptors (Lipinski definition) is 4. The van der Waals surface area contributed by atoms with E-state index in [0.717, 1.165) is 11.1 Å². The van der Waals surface area contributed by atoms with E-state index in [0.29, 0.717) is 5.75 Å². The van der Waals surface area contributed by atoms with Crippen LogP contribution in [0.2, 0.25) is 0 Å². The van der Waals surface area contributed by atoms with Crippen LogP contribution in [0.4, 0.5) is 4.79 Å². The summed E-state index contributed by atoms with van der Waals surface area (Å²) in [5, 5.41) is 8.47. The molecule has 1 rings (SSSR count). The largest absolute Gasteiger partial charge is 0.496 e. The van der Waals surface area contributed by atoms with Gasteiger partial charge in [-0.05, 0) is 19.1 Å². The molecule has 0 bridgehead atoms. The number of carbonyl (C=O) groups excluding carboxylic acids is 1. The van der Waals surface area contributed by atoms with E-state index in [4.69, 9.17) is 14.7 Å². The molecule has 1 amide bonds. The van der Waals surface area contributed by atoms with Gasteiger partial charge in [-0.25, -0.2) is 4.79 Å². The van der Waals surface area contributed by atoms with Crippen LogP contribution in [0.3, 0.4) is 0 Å². The maximum Gasteiger partial charge on any atom is 0.410 e. The van der Waals surface area contributed by atoms with Crippen molar-refractivity contribution in [2.75, 3.05) is 20.7 Å². The van der Waals surface area contributed by atoms with Crippen molar-refractivity contribution in [1.82, 2.24) is 4.90 Å². The first-order valence-corrected chi connectivity index (χ1v) is 5.47. The first-order chi connectivity index (χ1) is 8.58. The highest BCUT2D eigenvalue weighted by Gasteiger charge is 2.11. The standard InChI is InChI=1S/C13H16N2O3/c1-10-4-5-12(17-3)11(8-10)9-18-13(16)15(2)7-6-14/h4-5,8H,7,9H2,1-3H3. The Morgan fingerprint density at radius 1 is 1.50 bits per heavy atom. The molecule has 1 aromatic rings. The zero-order valence-electron chi connectivity index (χ0n) is 10.8. The Morgan fingerprint density at radius 3 is 2.83 bits per heavy atom. The van der Waals surface area contributed by atoms with Gasteiger partial charge in [0.25, 0.3) is 0 Å². The molecule has 0 aliphatic carbocycles. The zero-order valence-corrected chi connectivity index (χ0v) is 10.8. The maximum atomic E-state index is 11.5. The van der Waals surface area contributed by atoms with Gasteiger partial charge < -0.3 is 9.47 Å². The molecule has 5 nitrogen and oxygen atoms in total. The van der Waals surface area contributed by atoms with Gasteiger partial charge in [-0.3, -0.25) is 4.90 Å². The van der Waals surface area contributed by atoms with Crippen LogP contribution in [0.1, 0.15) is 11.1 Å². The summed E-state index contributed by atoms with van der Waals surface area (Å²) >= 11 is 0. The summed E-state index contributed by atoms with van der Waals surface area (Å²) in [7, 11) is 3.08. The monoisotopic (exact) mass is 248 g/mol. The first-order valence-electron chi connectivity index (χ1n) is 5.47. The maximum absolute atomic E-state index is 11.5. The van der Waals surface area contributed by atoms with Crippen LogP contribution in [-0.4, -0.2) is 31.7 Å². The van der Waals surface area contributed by atoms with Gasteiger partial charge in [0.15, 0.2) is 0 Å². The van der Waals surface area contributed by atoms with Gasteiger partial charge in [-0.1, -0.05) is 11.6 Å². The summed E-state index contributed by atoms with van der Waals surface area (Å²) in [6.45, 7) is 2.08. The van der Waals surface area contributed by atoms with E-state index in [2.05, 4.69) is 0 Å². The third-order valence-electron chi connectivity index (χ3n) is 2.41. The fraction of sp³-hybridized carbons (Fsp3) is 0.385. The molecule has 0 radical (unpaired) electrons. The fourth-order valence-electron chi connectivity index (χ4n) is 1.44. The molecule has 0 fully saturated rings. The van der Waals surface area contributed by atoms with E-state index < -0.39 is 6.09 Å².